The van der Waals surface area contributed by atoms with Crippen molar-refractivity contribution in [1.29, 1.82) is 0 Å². The molecule has 4 rings (SSSR count). The van der Waals surface area contributed by atoms with Gasteiger partial charge in [-0.05, 0) is 35.4 Å². The summed E-state index contributed by atoms with van der Waals surface area (Å²) in [6.45, 7) is 0. The Morgan fingerprint density at radius 1 is 1.09 bits per heavy atom. The van der Waals surface area contributed by atoms with Gasteiger partial charge in [0.2, 0.25) is 0 Å². The number of methoxy groups -OCH3 is 1. The zero-order chi connectivity index (χ0) is 15.1. The molecule has 1 aromatic carbocycles. The number of hydrogen-bond donors (Lipinski definition) is 2. The highest BCUT2D eigenvalue weighted by atomic mass is 16.5. The summed E-state index contributed by atoms with van der Waals surface area (Å²) in [5.74, 6) is 0.569. The van der Waals surface area contributed by atoms with Crippen molar-refractivity contribution in [3.05, 3.63) is 53.3 Å². The van der Waals surface area contributed by atoms with E-state index in [-0.39, 0.29) is 5.56 Å². The third-order valence-corrected chi connectivity index (χ3v) is 3.70. The van der Waals surface area contributed by atoms with Crippen LogP contribution in [-0.2, 0) is 0 Å². The molecule has 0 fully saturated rings. The molecule has 0 spiro atoms. The number of hydrogen-bond acceptors (Lipinski definition) is 4. The minimum atomic E-state index is -0.190. The van der Waals surface area contributed by atoms with E-state index in [1.165, 1.54) is 6.33 Å². The van der Waals surface area contributed by atoms with Gasteiger partial charge in [-0.1, -0.05) is 0 Å². The van der Waals surface area contributed by atoms with Crippen LogP contribution in [0.1, 0.15) is 0 Å². The van der Waals surface area contributed by atoms with Crippen LogP contribution in [0.3, 0.4) is 0 Å². The van der Waals surface area contributed by atoms with Crippen LogP contribution in [0.4, 0.5) is 0 Å². The number of nitrogens with one attached hydrogen (secondary N) is 2. The first kappa shape index (κ1) is 12.6. The van der Waals surface area contributed by atoms with Gasteiger partial charge in [0, 0.05) is 17.8 Å². The molecule has 0 aliphatic rings. The van der Waals surface area contributed by atoms with Gasteiger partial charge < -0.3 is 14.7 Å². The van der Waals surface area contributed by atoms with E-state index < -0.39 is 0 Å². The molecule has 3 aromatic heterocycles. The topological polar surface area (TPSA) is 83.7 Å². The molecule has 22 heavy (non-hydrogen) atoms. The number of aromatic nitrogens is 4. The second-order valence-corrected chi connectivity index (χ2v) is 4.90. The number of aromatic amines is 2. The largest absolute Gasteiger partial charge is 0.494 e. The van der Waals surface area contributed by atoms with Gasteiger partial charge in [0.15, 0.2) is 0 Å². The Bertz CT molecular complexity index is 1050. The summed E-state index contributed by atoms with van der Waals surface area (Å²) in [6.07, 6.45) is 4.95. The summed E-state index contributed by atoms with van der Waals surface area (Å²) >= 11 is 0. The SMILES string of the molecule is COc1cc(-c2ccnc3[nH]ccc23)cc2c(=O)[nH]cnc12. The average Bonchev–Trinajstić information content (AvgIpc) is 3.03. The van der Waals surface area contributed by atoms with Crippen LogP contribution in [0.5, 0.6) is 5.75 Å². The fourth-order valence-electron chi connectivity index (χ4n) is 2.67. The fourth-order valence-corrected chi connectivity index (χ4v) is 2.67. The van der Waals surface area contributed by atoms with Gasteiger partial charge in [-0.2, -0.15) is 0 Å². The molecule has 0 bridgehead atoms. The van der Waals surface area contributed by atoms with Crippen molar-refractivity contribution in [3.8, 4) is 16.9 Å². The third kappa shape index (κ3) is 1.77. The molecular weight excluding hydrogens is 280 g/mol. The summed E-state index contributed by atoms with van der Waals surface area (Å²) in [4.78, 5) is 26.2. The van der Waals surface area contributed by atoms with Gasteiger partial charge in [-0.15, -0.1) is 0 Å². The first-order valence-electron chi connectivity index (χ1n) is 6.76. The van der Waals surface area contributed by atoms with Crippen molar-refractivity contribution >= 4 is 21.9 Å². The second kappa shape index (κ2) is 4.70. The van der Waals surface area contributed by atoms with Crippen molar-refractivity contribution in [1.82, 2.24) is 19.9 Å². The maximum absolute atomic E-state index is 12.1. The summed E-state index contributed by atoms with van der Waals surface area (Å²) in [5, 5.41) is 1.49. The molecule has 2 N–H and O–H groups in total. The summed E-state index contributed by atoms with van der Waals surface area (Å²) < 4.78 is 5.40. The number of benzene rings is 1. The average molecular weight is 292 g/mol. The lowest BCUT2D eigenvalue weighted by atomic mass is 10.0. The van der Waals surface area contributed by atoms with Crippen molar-refractivity contribution < 1.29 is 4.74 Å². The van der Waals surface area contributed by atoms with E-state index in [0.29, 0.717) is 16.7 Å². The van der Waals surface area contributed by atoms with Crippen LogP contribution in [0.15, 0.2) is 47.8 Å². The van der Waals surface area contributed by atoms with E-state index in [0.717, 1.165) is 22.2 Å². The second-order valence-electron chi connectivity index (χ2n) is 4.90. The molecular formula is C16H12N4O2. The van der Waals surface area contributed by atoms with Crippen LogP contribution in [0.25, 0.3) is 33.1 Å². The van der Waals surface area contributed by atoms with Crippen molar-refractivity contribution in [2.24, 2.45) is 0 Å². The minimum absolute atomic E-state index is 0.190. The van der Waals surface area contributed by atoms with Crippen LogP contribution >= 0.6 is 0 Å². The molecule has 0 aliphatic carbocycles. The van der Waals surface area contributed by atoms with Crippen molar-refractivity contribution in [2.45, 2.75) is 0 Å². The molecule has 0 radical (unpaired) electrons. The zero-order valence-electron chi connectivity index (χ0n) is 11.8. The highest BCUT2D eigenvalue weighted by Crippen LogP contribution is 2.32. The predicted octanol–water partition coefficient (Wildman–Crippen LogP) is 2.47. The number of nitrogens with zero attached hydrogens (tertiary/aromatic N) is 2. The monoisotopic (exact) mass is 292 g/mol. The van der Waals surface area contributed by atoms with Gasteiger partial charge in [0.1, 0.15) is 16.9 Å². The number of ether oxygens (including phenoxy) is 1. The maximum atomic E-state index is 12.1. The fraction of sp³-hybridized carbons (Fsp3) is 0.0625. The van der Waals surface area contributed by atoms with Crippen molar-refractivity contribution in [2.75, 3.05) is 7.11 Å². The smallest absolute Gasteiger partial charge is 0.258 e. The van der Waals surface area contributed by atoms with E-state index in [9.17, 15) is 4.79 Å². The third-order valence-electron chi connectivity index (χ3n) is 3.70. The van der Waals surface area contributed by atoms with Crippen molar-refractivity contribution in [3.63, 3.8) is 0 Å². The molecule has 6 heteroatoms. The lowest BCUT2D eigenvalue weighted by Crippen LogP contribution is -2.07. The number of H-pyrrole nitrogens is 2. The molecule has 0 atom stereocenters. The van der Waals surface area contributed by atoms with Gasteiger partial charge in [-0.25, -0.2) is 9.97 Å². The molecule has 108 valence electrons. The van der Waals surface area contributed by atoms with Crippen LogP contribution in [0, 0.1) is 0 Å². The van der Waals surface area contributed by atoms with Crippen LogP contribution < -0.4 is 10.3 Å². The maximum Gasteiger partial charge on any atom is 0.258 e. The predicted molar refractivity (Wildman–Crippen MR) is 84.0 cm³/mol. The Kier molecular flexibility index (Phi) is 2.69. The van der Waals surface area contributed by atoms with Gasteiger partial charge in [0.25, 0.3) is 5.56 Å². The standard InChI is InChI=1S/C16H12N4O2/c1-22-13-7-9(6-12-14(13)19-8-20-16(12)21)10-2-4-17-15-11(10)3-5-18-15/h2-8H,1H3,(H,17,18)(H,19,20,21). The van der Waals surface area contributed by atoms with E-state index >= 15 is 0 Å². The lowest BCUT2D eigenvalue weighted by Gasteiger charge is -2.09. The normalized spacial score (nSPS) is 11.1. The Hall–Kier alpha value is -3.15. The van der Waals surface area contributed by atoms with E-state index in [1.807, 2.05) is 30.5 Å². The molecule has 0 saturated heterocycles. The number of fused-ring (bicyclic) bond motifs is 2. The van der Waals surface area contributed by atoms with E-state index in [4.69, 9.17) is 4.74 Å². The summed E-state index contributed by atoms with van der Waals surface area (Å²) in [6, 6.07) is 7.59. The molecule has 0 unspecified atom stereocenters. The Labute approximate surface area is 124 Å². The first-order valence-corrected chi connectivity index (χ1v) is 6.76. The molecule has 0 saturated carbocycles. The highest BCUT2D eigenvalue weighted by Gasteiger charge is 2.12. The van der Waals surface area contributed by atoms with Crippen LogP contribution in [0.2, 0.25) is 0 Å². The van der Waals surface area contributed by atoms with Crippen LogP contribution in [-0.4, -0.2) is 27.0 Å². The number of pyridine rings is 1. The molecule has 0 aliphatic heterocycles. The minimum Gasteiger partial charge on any atom is -0.494 e. The Balaban J connectivity index is 2.09. The summed E-state index contributed by atoms with van der Waals surface area (Å²) in [7, 11) is 1.57. The Morgan fingerprint density at radius 3 is 2.86 bits per heavy atom. The quantitative estimate of drug-likeness (QED) is 0.594. The molecule has 0 amide bonds. The highest BCUT2D eigenvalue weighted by molar-refractivity contribution is 5.97. The molecule has 3 heterocycles. The first-order chi connectivity index (χ1) is 10.8. The number of rotatable bonds is 2. The van der Waals surface area contributed by atoms with Gasteiger partial charge in [-0.3, -0.25) is 4.79 Å². The molecule has 4 aromatic rings. The van der Waals surface area contributed by atoms with Gasteiger partial charge in [0.05, 0.1) is 18.8 Å². The Morgan fingerprint density at radius 2 is 2.00 bits per heavy atom. The van der Waals surface area contributed by atoms with E-state index in [1.54, 1.807) is 13.3 Å². The zero-order valence-corrected chi connectivity index (χ0v) is 11.8. The summed E-state index contributed by atoms with van der Waals surface area (Å²) in [5.41, 5.74) is 3.03. The lowest BCUT2D eigenvalue weighted by molar-refractivity contribution is 0.419. The van der Waals surface area contributed by atoms with E-state index in [2.05, 4.69) is 19.9 Å². The van der Waals surface area contributed by atoms with Gasteiger partial charge >= 0.3 is 0 Å². The molecule has 6 nitrogen and oxygen atoms in total.